The third kappa shape index (κ3) is 4.22. The van der Waals surface area contributed by atoms with E-state index in [0.717, 1.165) is 10.9 Å². The fourth-order valence-corrected chi connectivity index (χ4v) is 3.50. The van der Waals surface area contributed by atoms with E-state index < -0.39 is 0 Å². The Labute approximate surface area is 189 Å². The molecule has 0 fully saturated rings. The largest absolute Gasteiger partial charge is 0.505 e. The number of fused-ring (bicyclic) bond motifs is 1. The zero-order chi connectivity index (χ0) is 22.7. The summed E-state index contributed by atoms with van der Waals surface area (Å²) in [4.78, 5) is 23.8. The van der Waals surface area contributed by atoms with Gasteiger partial charge in [-0.05, 0) is 48.2 Å². The monoisotopic (exact) mass is 443 g/mol. The lowest BCUT2D eigenvalue weighted by molar-refractivity contribution is 0.102. The number of hydrogen-bond acceptors (Lipinski definition) is 5. The third-order valence-electron chi connectivity index (χ3n) is 4.98. The molecule has 0 heterocycles. The van der Waals surface area contributed by atoms with Crippen molar-refractivity contribution in [3.63, 3.8) is 0 Å². The standard InChI is InChI=1S/C25H18ClN3O3/c1-15-11-22(27-25(32)16-7-3-2-4-8-16)20(26)13-21(15)28-29-23-19-10-6-5-9-17(19)12-18(14-30)24(23)31/h2-14,31H,1H3,(H,27,32)/b29-28+. The number of rotatable bonds is 5. The number of nitrogens with zero attached hydrogens (tertiary/aromatic N) is 2. The molecule has 0 aliphatic carbocycles. The first-order valence-electron chi connectivity index (χ1n) is 9.76. The van der Waals surface area contributed by atoms with Gasteiger partial charge in [0.25, 0.3) is 5.91 Å². The van der Waals surface area contributed by atoms with Crippen LogP contribution in [-0.2, 0) is 0 Å². The predicted molar refractivity (Wildman–Crippen MR) is 126 cm³/mol. The van der Waals surface area contributed by atoms with Gasteiger partial charge >= 0.3 is 0 Å². The number of aryl methyl sites for hydroxylation is 1. The van der Waals surface area contributed by atoms with Crippen LogP contribution in [0, 0.1) is 6.92 Å². The van der Waals surface area contributed by atoms with Gasteiger partial charge in [-0.15, -0.1) is 5.11 Å². The summed E-state index contributed by atoms with van der Waals surface area (Å²) in [5.41, 5.74) is 2.48. The molecule has 0 spiro atoms. The molecule has 0 unspecified atom stereocenters. The molecule has 0 aliphatic heterocycles. The number of azo groups is 1. The fraction of sp³-hybridized carbons (Fsp3) is 0.0400. The Morgan fingerprint density at radius 3 is 2.47 bits per heavy atom. The molecule has 4 aromatic carbocycles. The number of anilines is 1. The van der Waals surface area contributed by atoms with Crippen LogP contribution in [0.2, 0.25) is 5.02 Å². The predicted octanol–water partition coefficient (Wildman–Crippen LogP) is 6.99. The summed E-state index contributed by atoms with van der Waals surface area (Å²) in [6.07, 6.45) is 0.577. The molecule has 7 heteroatoms. The number of aldehydes is 1. The molecule has 158 valence electrons. The number of aromatic hydroxyl groups is 1. The van der Waals surface area contributed by atoms with Gasteiger partial charge in [0.15, 0.2) is 12.0 Å². The van der Waals surface area contributed by atoms with E-state index in [1.54, 1.807) is 48.5 Å². The van der Waals surface area contributed by atoms with Gasteiger partial charge < -0.3 is 10.4 Å². The molecule has 0 atom stereocenters. The summed E-state index contributed by atoms with van der Waals surface area (Å²) in [7, 11) is 0. The highest BCUT2D eigenvalue weighted by Crippen LogP contribution is 2.39. The van der Waals surface area contributed by atoms with Crippen LogP contribution in [0.5, 0.6) is 5.75 Å². The Bertz CT molecular complexity index is 1370. The second-order valence-corrected chi connectivity index (χ2v) is 7.55. The first-order valence-corrected chi connectivity index (χ1v) is 10.1. The second kappa shape index (κ2) is 8.99. The van der Waals surface area contributed by atoms with Crippen molar-refractivity contribution in [1.29, 1.82) is 0 Å². The van der Waals surface area contributed by atoms with Crippen molar-refractivity contribution in [3.8, 4) is 5.75 Å². The molecule has 32 heavy (non-hydrogen) atoms. The molecular weight excluding hydrogens is 426 g/mol. The lowest BCUT2D eigenvalue weighted by Gasteiger charge is -2.10. The van der Waals surface area contributed by atoms with Crippen molar-refractivity contribution >= 4 is 51.6 Å². The number of benzene rings is 4. The number of nitrogens with one attached hydrogen (secondary N) is 1. The summed E-state index contributed by atoms with van der Waals surface area (Å²) in [6.45, 7) is 1.81. The molecule has 0 bridgehead atoms. The van der Waals surface area contributed by atoms with Crippen molar-refractivity contribution in [2.75, 3.05) is 5.32 Å². The molecule has 0 saturated carbocycles. The first kappa shape index (κ1) is 21.2. The van der Waals surface area contributed by atoms with Crippen LogP contribution in [0.15, 0.2) is 83.0 Å². The summed E-state index contributed by atoms with van der Waals surface area (Å²) in [5, 5.41) is 23.5. The minimum atomic E-state index is -0.275. The average Bonchev–Trinajstić information content (AvgIpc) is 2.81. The smallest absolute Gasteiger partial charge is 0.255 e. The minimum Gasteiger partial charge on any atom is -0.505 e. The van der Waals surface area contributed by atoms with Gasteiger partial charge in [0.1, 0.15) is 5.69 Å². The SMILES string of the molecule is Cc1cc(NC(=O)c2ccccc2)c(Cl)cc1/N=N/c1c(O)c(C=O)cc2ccccc12. The molecule has 0 radical (unpaired) electrons. The average molecular weight is 444 g/mol. The van der Waals surface area contributed by atoms with Gasteiger partial charge in [0, 0.05) is 10.9 Å². The first-order chi connectivity index (χ1) is 15.5. The van der Waals surface area contributed by atoms with Crippen molar-refractivity contribution in [1.82, 2.24) is 0 Å². The third-order valence-corrected chi connectivity index (χ3v) is 5.29. The lowest BCUT2D eigenvalue weighted by atomic mass is 10.0. The van der Waals surface area contributed by atoms with Crippen LogP contribution in [0.25, 0.3) is 10.8 Å². The zero-order valence-electron chi connectivity index (χ0n) is 17.0. The topological polar surface area (TPSA) is 91.1 Å². The summed E-state index contributed by atoms with van der Waals surface area (Å²) in [5.74, 6) is -0.513. The Balaban J connectivity index is 1.68. The van der Waals surface area contributed by atoms with E-state index >= 15 is 0 Å². The van der Waals surface area contributed by atoms with Crippen molar-refractivity contribution < 1.29 is 14.7 Å². The Morgan fingerprint density at radius 2 is 1.72 bits per heavy atom. The van der Waals surface area contributed by atoms with Crippen LogP contribution in [0.4, 0.5) is 17.1 Å². The Morgan fingerprint density at radius 1 is 1.00 bits per heavy atom. The van der Waals surface area contributed by atoms with E-state index in [2.05, 4.69) is 15.5 Å². The summed E-state index contributed by atoms with van der Waals surface area (Å²) < 4.78 is 0. The van der Waals surface area contributed by atoms with Crippen molar-refractivity contribution in [3.05, 3.63) is 94.5 Å². The minimum absolute atomic E-state index is 0.131. The van der Waals surface area contributed by atoms with E-state index in [9.17, 15) is 14.7 Å². The number of phenols is 1. The van der Waals surface area contributed by atoms with Crippen LogP contribution in [-0.4, -0.2) is 17.3 Å². The quantitative estimate of drug-likeness (QED) is 0.257. The Kier molecular flexibility index (Phi) is 5.96. The van der Waals surface area contributed by atoms with Gasteiger partial charge in [0.2, 0.25) is 0 Å². The molecule has 2 N–H and O–H groups in total. The maximum absolute atomic E-state index is 12.4. The van der Waals surface area contributed by atoms with Crippen molar-refractivity contribution in [2.45, 2.75) is 6.92 Å². The van der Waals surface area contributed by atoms with E-state index in [1.807, 2.05) is 31.2 Å². The number of amides is 1. The van der Waals surface area contributed by atoms with E-state index in [4.69, 9.17) is 11.6 Å². The summed E-state index contributed by atoms with van der Waals surface area (Å²) in [6, 6.07) is 21.0. The molecule has 6 nitrogen and oxygen atoms in total. The van der Waals surface area contributed by atoms with Gasteiger partial charge in [-0.1, -0.05) is 54.1 Å². The number of hydrogen-bond donors (Lipinski definition) is 2. The Hall–Kier alpha value is -4.03. The highest BCUT2D eigenvalue weighted by Gasteiger charge is 2.14. The highest BCUT2D eigenvalue weighted by molar-refractivity contribution is 6.34. The number of halogens is 1. The van der Waals surface area contributed by atoms with Crippen LogP contribution >= 0.6 is 11.6 Å². The van der Waals surface area contributed by atoms with Gasteiger partial charge in [-0.3, -0.25) is 9.59 Å². The maximum Gasteiger partial charge on any atom is 0.255 e. The fourth-order valence-electron chi connectivity index (χ4n) is 3.29. The number of phenolic OH excluding ortho intramolecular Hbond substituents is 1. The van der Waals surface area contributed by atoms with E-state index in [1.165, 1.54) is 0 Å². The van der Waals surface area contributed by atoms with Crippen molar-refractivity contribution in [2.24, 2.45) is 10.2 Å². The molecule has 0 aliphatic rings. The van der Waals surface area contributed by atoms with Gasteiger partial charge in [-0.25, -0.2) is 0 Å². The molecule has 0 aromatic heterocycles. The van der Waals surface area contributed by atoms with Crippen LogP contribution in [0.3, 0.4) is 0 Å². The number of carbonyl (C=O) groups is 2. The van der Waals surface area contributed by atoms with E-state index in [0.29, 0.717) is 33.6 Å². The molecule has 4 aromatic rings. The normalized spacial score (nSPS) is 11.1. The van der Waals surface area contributed by atoms with Gasteiger partial charge in [0.05, 0.1) is 22.0 Å². The molecule has 4 rings (SSSR count). The van der Waals surface area contributed by atoms with Gasteiger partial charge in [-0.2, -0.15) is 5.11 Å². The maximum atomic E-state index is 12.4. The number of carbonyl (C=O) groups excluding carboxylic acids is 2. The molecule has 0 saturated heterocycles. The molecular formula is C25H18ClN3O3. The summed E-state index contributed by atoms with van der Waals surface area (Å²) >= 11 is 6.38. The zero-order valence-corrected chi connectivity index (χ0v) is 17.8. The second-order valence-electron chi connectivity index (χ2n) is 7.14. The highest BCUT2D eigenvalue weighted by atomic mass is 35.5. The lowest BCUT2D eigenvalue weighted by Crippen LogP contribution is -2.12. The molecule has 1 amide bonds. The van der Waals surface area contributed by atoms with Crippen LogP contribution < -0.4 is 5.32 Å². The van der Waals surface area contributed by atoms with Crippen LogP contribution in [0.1, 0.15) is 26.3 Å². The van der Waals surface area contributed by atoms with E-state index in [-0.39, 0.29) is 22.9 Å².